The van der Waals surface area contributed by atoms with Gasteiger partial charge >= 0.3 is 0 Å². The number of hydrogen-bond donors (Lipinski definition) is 1. The minimum atomic E-state index is -0.477. The lowest BCUT2D eigenvalue weighted by atomic mass is 10.2. The molecule has 0 bridgehead atoms. The Balaban J connectivity index is 2.19. The topological polar surface area (TPSA) is 81.0 Å². The van der Waals surface area contributed by atoms with Crippen LogP contribution in [-0.4, -0.2) is 14.9 Å². The first-order chi connectivity index (χ1) is 9.08. The second-order valence-corrected chi connectivity index (χ2v) is 4.30. The van der Waals surface area contributed by atoms with Gasteiger partial charge in [-0.1, -0.05) is 17.7 Å². The van der Waals surface area contributed by atoms with Gasteiger partial charge in [0.05, 0.1) is 34.1 Å². The molecule has 19 heavy (non-hydrogen) atoms. The number of benzene rings is 1. The summed E-state index contributed by atoms with van der Waals surface area (Å²) < 4.78 is 0. The molecule has 2 aromatic rings. The van der Waals surface area contributed by atoms with Crippen LogP contribution in [0.1, 0.15) is 11.4 Å². The van der Waals surface area contributed by atoms with E-state index in [4.69, 9.17) is 11.6 Å². The number of aryl methyl sites for hydroxylation is 1. The summed E-state index contributed by atoms with van der Waals surface area (Å²) in [6.07, 6.45) is 3.25. The fraction of sp³-hybridized carbons (Fsp3) is 0.167. The Kier molecular flexibility index (Phi) is 3.91. The molecule has 0 aliphatic heterocycles. The third kappa shape index (κ3) is 3.17. The molecule has 98 valence electrons. The number of anilines is 1. The standard InChI is InChI=1S/C12H11ClN4O2/c1-8-5-15-9(6-14-8)7-16-12-10(13)3-2-4-11(12)17(18)19/h2-6,16H,7H2,1H3. The van der Waals surface area contributed by atoms with Crippen LogP contribution in [0.25, 0.3) is 0 Å². The predicted octanol–water partition coefficient (Wildman–Crippen LogP) is 2.96. The number of para-hydroxylation sites is 1. The molecule has 0 radical (unpaired) electrons. The summed E-state index contributed by atoms with van der Waals surface area (Å²) in [7, 11) is 0. The van der Waals surface area contributed by atoms with Gasteiger partial charge in [0.2, 0.25) is 0 Å². The SMILES string of the molecule is Cc1cnc(CNc2c(Cl)cccc2[N+](=O)[O-])cn1. The van der Waals surface area contributed by atoms with Gasteiger partial charge in [-0.05, 0) is 13.0 Å². The molecule has 0 aliphatic carbocycles. The lowest BCUT2D eigenvalue weighted by Gasteiger charge is -2.08. The summed E-state index contributed by atoms with van der Waals surface area (Å²) in [6.45, 7) is 2.15. The highest BCUT2D eigenvalue weighted by Gasteiger charge is 2.16. The van der Waals surface area contributed by atoms with Gasteiger partial charge in [-0.2, -0.15) is 0 Å². The van der Waals surface area contributed by atoms with Gasteiger partial charge in [-0.3, -0.25) is 20.1 Å². The molecular weight excluding hydrogens is 268 g/mol. The van der Waals surface area contributed by atoms with E-state index in [0.29, 0.717) is 17.3 Å². The lowest BCUT2D eigenvalue weighted by molar-refractivity contribution is -0.383. The molecule has 0 spiro atoms. The Hall–Kier alpha value is -2.21. The Morgan fingerprint density at radius 3 is 2.79 bits per heavy atom. The first-order valence-corrected chi connectivity index (χ1v) is 5.90. The van der Waals surface area contributed by atoms with Gasteiger partial charge in [-0.15, -0.1) is 0 Å². The predicted molar refractivity (Wildman–Crippen MR) is 72.2 cm³/mol. The molecule has 0 amide bonds. The number of nitrogens with one attached hydrogen (secondary N) is 1. The van der Waals surface area contributed by atoms with Crippen molar-refractivity contribution in [1.29, 1.82) is 0 Å². The van der Waals surface area contributed by atoms with E-state index < -0.39 is 4.92 Å². The molecule has 0 saturated carbocycles. The molecular formula is C12H11ClN4O2. The van der Waals surface area contributed by atoms with Crippen LogP contribution in [0.2, 0.25) is 5.02 Å². The number of halogens is 1. The maximum Gasteiger partial charge on any atom is 0.293 e. The molecule has 0 aliphatic rings. The first-order valence-electron chi connectivity index (χ1n) is 5.52. The highest BCUT2D eigenvalue weighted by molar-refractivity contribution is 6.33. The maximum atomic E-state index is 10.9. The van der Waals surface area contributed by atoms with Crippen molar-refractivity contribution in [3.8, 4) is 0 Å². The third-order valence-electron chi connectivity index (χ3n) is 2.47. The molecule has 7 heteroatoms. The van der Waals surface area contributed by atoms with Crippen LogP contribution in [0.4, 0.5) is 11.4 Å². The number of rotatable bonds is 4. The molecule has 0 saturated heterocycles. The van der Waals surface area contributed by atoms with Crippen molar-refractivity contribution in [2.45, 2.75) is 13.5 Å². The van der Waals surface area contributed by atoms with E-state index in [0.717, 1.165) is 5.69 Å². The number of nitro groups is 1. The molecule has 0 fully saturated rings. The number of aromatic nitrogens is 2. The van der Waals surface area contributed by atoms with E-state index in [2.05, 4.69) is 15.3 Å². The van der Waals surface area contributed by atoms with Crippen molar-refractivity contribution in [3.05, 3.63) is 57.1 Å². The highest BCUT2D eigenvalue weighted by atomic mass is 35.5. The average Bonchev–Trinajstić information content (AvgIpc) is 2.39. The van der Waals surface area contributed by atoms with E-state index >= 15 is 0 Å². The highest BCUT2D eigenvalue weighted by Crippen LogP contribution is 2.31. The van der Waals surface area contributed by atoms with Crippen LogP contribution in [0.5, 0.6) is 0 Å². The molecule has 1 heterocycles. The third-order valence-corrected chi connectivity index (χ3v) is 2.78. The zero-order valence-corrected chi connectivity index (χ0v) is 10.9. The molecule has 1 aromatic heterocycles. The van der Waals surface area contributed by atoms with Gasteiger partial charge < -0.3 is 5.32 Å². The second-order valence-electron chi connectivity index (χ2n) is 3.89. The van der Waals surface area contributed by atoms with Gasteiger partial charge in [-0.25, -0.2) is 0 Å². The number of hydrogen-bond acceptors (Lipinski definition) is 5. The van der Waals surface area contributed by atoms with Crippen LogP contribution in [-0.2, 0) is 6.54 Å². The van der Waals surface area contributed by atoms with Crippen molar-refractivity contribution in [3.63, 3.8) is 0 Å². The normalized spacial score (nSPS) is 10.2. The van der Waals surface area contributed by atoms with E-state index in [9.17, 15) is 10.1 Å². The molecule has 2 rings (SSSR count). The van der Waals surface area contributed by atoms with Crippen LogP contribution in [0.3, 0.4) is 0 Å². The van der Waals surface area contributed by atoms with Gasteiger partial charge in [0.1, 0.15) is 5.69 Å². The summed E-state index contributed by atoms with van der Waals surface area (Å²) in [5.41, 5.74) is 1.72. The minimum absolute atomic E-state index is 0.0624. The van der Waals surface area contributed by atoms with Crippen molar-refractivity contribution in [2.24, 2.45) is 0 Å². The van der Waals surface area contributed by atoms with E-state index in [-0.39, 0.29) is 11.4 Å². The van der Waals surface area contributed by atoms with E-state index in [1.807, 2.05) is 6.92 Å². The van der Waals surface area contributed by atoms with Crippen LogP contribution in [0.15, 0.2) is 30.6 Å². The second kappa shape index (κ2) is 5.62. The van der Waals surface area contributed by atoms with E-state index in [1.54, 1.807) is 18.5 Å². The van der Waals surface area contributed by atoms with Crippen LogP contribution < -0.4 is 5.32 Å². The van der Waals surface area contributed by atoms with Crippen molar-refractivity contribution in [1.82, 2.24) is 9.97 Å². The van der Waals surface area contributed by atoms with Crippen LogP contribution in [0, 0.1) is 17.0 Å². The zero-order chi connectivity index (χ0) is 13.8. The summed E-state index contributed by atoms with van der Waals surface area (Å²) in [4.78, 5) is 18.7. The molecule has 0 atom stereocenters. The van der Waals surface area contributed by atoms with Crippen LogP contribution >= 0.6 is 11.6 Å². The smallest absolute Gasteiger partial charge is 0.293 e. The largest absolute Gasteiger partial charge is 0.373 e. The summed E-state index contributed by atoms with van der Waals surface area (Å²) in [6, 6.07) is 4.53. The van der Waals surface area contributed by atoms with Gasteiger partial charge in [0, 0.05) is 12.3 Å². The quantitative estimate of drug-likeness (QED) is 0.687. The average molecular weight is 279 g/mol. The number of nitrogens with zero attached hydrogens (tertiary/aromatic N) is 3. The van der Waals surface area contributed by atoms with Gasteiger partial charge in [0.15, 0.2) is 0 Å². The van der Waals surface area contributed by atoms with Crippen molar-refractivity contribution in [2.75, 3.05) is 5.32 Å². The summed E-state index contributed by atoms with van der Waals surface area (Å²) in [5.74, 6) is 0. The summed E-state index contributed by atoms with van der Waals surface area (Å²) in [5, 5.41) is 14.1. The molecule has 6 nitrogen and oxygen atoms in total. The summed E-state index contributed by atoms with van der Waals surface area (Å²) >= 11 is 5.96. The molecule has 1 N–H and O–H groups in total. The fourth-order valence-electron chi connectivity index (χ4n) is 1.53. The van der Waals surface area contributed by atoms with Gasteiger partial charge in [0.25, 0.3) is 5.69 Å². The first kappa shape index (κ1) is 13.2. The Labute approximate surface area is 114 Å². The van der Waals surface area contributed by atoms with Crippen molar-refractivity contribution >= 4 is 23.0 Å². The Morgan fingerprint density at radius 1 is 1.37 bits per heavy atom. The Bertz CT molecular complexity index is 601. The maximum absolute atomic E-state index is 10.9. The molecule has 0 unspecified atom stereocenters. The van der Waals surface area contributed by atoms with E-state index in [1.165, 1.54) is 12.1 Å². The fourth-order valence-corrected chi connectivity index (χ4v) is 1.77. The van der Waals surface area contributed by atoms with Crippen molar-refractivity contribution < 1.29 is 4.92 Å². The zero-order valence-electron chi connectivity index (χ0n) is 10.1. The lowest BCUT2D eigenvalue weighted by Crippen LogP contribution is -2.05. The minimum Gasteiger partial charge on any atom is -0.373 e. The monoisotopic (exact) mass is 278 g/mol. The molecule has 1 aromatic carbocycles. The Morgan fingerprint density at radius 2 is 2.16 bits per heavy atom. The number of nitro benzene ring substituents is 1.